The molecular formula is C15H21N3O2S. The van der Waals surface area contributed by atoms with Crippen molar-refractivity contribution in [1.82, 2.24) is 14.5 Å². The van der Waals surface area contributed by atoms with Gasteiger partial charge in [-0.3, -0.25) is 9.36 Å². The number of nitrogens with one attached hydrogen (secondary N) is 1. The Morgan fingerprint density at radius 3 is 2.52 bits per heavy atom. The van der Waals surface area contributed by atoms with Crippen LogP contribution in [0.3, 0.4) is 0 Å². The summed E-state index contributed by atoms with van der Waals surface area (Å²) in [6.45, 7) is 6.73. The first-order valence-corrected chi connectivity index (χ1v) is 7.68. The molecule has 114 valence electrons. The summed E-state index contributed by atoms with van der Waals surface area (Å²) >= 11 is 1.78. The molecule has 0 aliphatic carbocycles. The van der Waals surface area contributed by atoms with Crippen molar-refractivity contribution in [3.05, 3.63) is 54.0 Å². The van der Waals surface area contributed by atoms with Crippen molar-refractivity contribution in [3.63, 3.8) is 0 Å². The van der Waals surface area contributed by atoms with Gasteiger partial charge < -0.3 is 9.88 Å². The van der Waals surface area contributed by atoms with Gasteiger partial charge >= 0.3 is 5.69 Å². The Bertz CT molecular complexity index is 770. The van der Waals surface area contributed by atoms with E-state index in [1.165, 1.54) is 26.9 Å². The molecule has 5 nitrogen and oxygen atoms in total. The number of aryl methyl sites for hydroxylation is 3. The summed E-state index contributed by atoms with van der Waals surface area (Å²) in [5, 5.41) is 3.36. The van der Waals surface area contributed by atoms with Gasteiger partial charge in [0.1, 0.15) is 0 Å². The molecule has 21 heavy (non-hydrogen) atoms. The van der Waals surface area contributed by atoms with E-state index in [-0.39, 0.29) is 17.3 Å². The third-order valence-electron chi connectivity index (χ3n) is 3.66. The maximum atomic E-state index is 12.1. The molecule has 0 aromatic carbocycles. The highest BCUT2D eigenvalue weighted by molar-refractivity contribution is 7.12. The highest BCUT2D eigenvalue weighted by Gasteiger charge is 2.12. The summed E-state index contributed by atoms with van der Waals surface area (Å²) in [7, 11) is 3.16. The Kier molecular flexibility index (Phi) is 4.49. The van der Waals surface area contributed by atoms with Crippen molar-refractivity contribution in [1.29, 1.82) is 0 Å². The SMILES string of the molecule is Cc1cc(C(C)NCc2cn(C)c(=O)n(C)c2=O)c(C)s1. The van der Waals surface area contributed by atoms with Crippen molar-refractivity contribution in [2.24, 2.45) is 14.1 Å². The summed E-state index contributed by atoms with van der Waals surface area (Å²) < 4.78 is 2.57. The third-order valence-corrected chi connectivity index (χ3v) is 4.64. The molecule has 1 N–H and O–H groups in total. The lowest BCUT2D eigenvalue weighted by molar-refractivity contribution is 0.558. The summed E-state index contributed by atoms with van der Waals surface area (Å²) in [6, 6.07) is 2.34. The normalized spacial score (nSPS) is 12.6. The molecule has 0 bridgehead atoms. The number of thiophene rings is 1. The molecule has 0 saturated heterocycles. The summed E-state index contributed by atoms with van der Waals surface area (Å²) in [5.74, 6) is 0. The fraction of sp³-hybridized carbons (Fsp3) is 0.467. The average Bonchev–Trinajstić information content (AvgIpc) is 2.77. The van der Waals surface area contributed by atoms with Gasteiger partial charge in [0.05, 0.1) is 0 Å². The van der Waals surface area contributed by atoms with Gasteiger partial charge in [-0.2, -0.15) is 0 Å². The van der Waals surface area contributed by atoms with E-state index in [1.54, 1.807) is 24.6 Å². The number of hydrogen-bond acceptors (Lipinski definition) is 4. The molecule has 0 spiro atoms. The first-order valence-electron chi connectivity index (χ1n) is 6.87. The zero-order valence-electron chi connectivity index (χ0n) is 13.1. The predicted octanol–water partition coefficient (Wildman–Crippen LogP) is 1.61. The van der Waals surface area contributed by atoms with Gasteiger partial charge in [0.2, 0.25) is 0 Å². The molecule has 2 aromatic heterocycles. The molecule has 2 heterocycles. The monoisotopic (exact) mass is 307 g/mol. The van der Waals surface area contributed by atoms with Crippen LogP contribution in [0.4, 0.5) is 0 Å². The lowest BCUT2D eigenvalue weighted by atomic mass is 10.1. The topological polar surface area (TPSA) is 56.0 Å². The van der Waals surface area contributed by atoms with Crippen LogP contribution in [0.2, 0.25) is 0 Å². The van der Waals surface area contributed by atoms with Gasteiger partial charge in [-0.15, -0.1) is 11.3 Å². The lowest BCUT2D eigenvalue weighted by Gasteiger charge is -2.14. The van der Waals surface area contributed by atoms with E-state index in [1.807, 2.05) is 0 Å². The van der Waals surface area contributed by atoms with Crippen LogP contribution in [0.1, 0.15) is 33.8 Å². The first-order chi connectivity index (χ1) is 9.81. The minimum atomic E-state index is -0.305. The quantitative estimate of drug-likeness (QED) is 0.934. The second-order valence-corrected chi connectivity index (χ2v) is 6.84. The van der Waals surface area contributed by atoms with Crippen LogP contribution in [0.5, 0.6) is 0 Å². The number of hydrogen-bond donors (Lipinski definition) is 1. The van der Waals surface area contributed by atoms with Crippen molar-refractivity contribution in [2.45, 2.75) is 33.4 Å². The largest absolute Gasteiger partial charge is 0.330 e. The Labute approximate surface area is 127 Å². The number of nitrogens with zero attached hydrogens (tertiary/aromatic N) is 2. The van der Waals surface area contributed by atoms with E-state index in [2.05, 4.69) is 32.2 Å². The maximum Gasteiger partial charge on any atom is 0.330 e. The number of rotatable bonds is 4. The smallest absolute Gasteiger partial charge is 0.306 e. The van der Waals surface area contributed by atoms with Crippen LogP contribution in [0, 0.1) is 13.8 Å². The Hall–Kier alpha value is -1.66. The molecule has 0 saturated carbocycles. The minimum Gasteiger partial charge on any atom is -0.306 e. The first kappa shape index (κ1) is 15.7. The Morgan fingerprint density at radius 1 is 1.29 bits per heavy atom. The van der Waals surface area contributed by atoms with E-state index in [0.717, 1.165) is 4.57 Å². The molecule has 2 rings (SSSR count). The van der Waals surface area contributed by atoms with Crippen LogP contribution in [-0.2, 0) is 20.6 Å². The van der Waals surface area contributed by atoms with Crippen LogP contribution in [-0.4, -0.2) is 9.13 Å². The van der Waals surface area contributed by atoms with Crippen molar-refractivity contribution < 1.29 is 0 Å². The molecule has 0 aliphatic rings. The van der Waals surface area contributed by atoms with E-state index in [9.17, 15) is 9.59 Å². The van der Waals surface area contributed by atoms with Gasteiger partial charge in [-0.05, 0) is 32.4 Å². The number of aromatic nitrogens is 2. The maximum absolute atomic E-state index is 12.1. The Morgan fingerprint density at radius 2 is 1.95 bits per heavy atom. The van der Waals surface area contributed by atoms with Gasteiger partial charge in [0, 0.05) is 48.2 Å². The molecule has 6 heteroatoms. The molecule has 1 atom stereocenters. The predicted molar refractivity (Wildman–Crippen MR) is 86.0 cm³/mol. The van der Waals surface area contributed by atoms with Gasteiger partial charge in [0.25, 0.3) is 5.56 Å². The molecule has 0 aliphatic heterocycles. The molecule has 0 fully saturated rings. The molecule has 1 unspecified atom stereocenters. The molecular weight excluding hydrogens is 286 g/mol. The van der Waals surface area contributed by atoms with E-state index < -0.39 is 0 Å². The zero-order valence-corrected chi connectivity index (χ0v) is 13.9. The van der Waals surface area contributed by atoms with Crippen molar-refractivity contribution in [3.8, 4) is 0 Å². The van der Waals surface area contributed by atoms with Crippen LogP contribution in [0.15, 0.2) is 21.9 Å². The van der Waals surface area contributed by atoms with Crippen LogP contribution in [0.25, 0.3) is 0 Å². The Balaban J connectivity index is 2.19. The molecule has 0 radical (unpaired) electrons. The fourth-order valence-corrected chi connectivity index (χ4v) is 3.48. The van der Waals surface area contributed by atoms with Gasteiger partial charge in [0.15, 0.2) is 0 Å². The van der Waals surface area contributed by atoms with E-state index in [4.69, 9.17) is 0 Å². The summed E-state index contributed by atoms with van der Waals surface area (Å²) in [5.41, 5.74) is 1.31. The summed E-state index contributed by atoms with van der Waals surface area (Å²) in [4.78, 5) is 26.3. The standard InChI is InChI=1S/C15H21N3O2S/c1-9-6-13(11(3)21-9)10(2)16-7-12-8-17(4)15(20)18(5)14(12)19/h6,8,10,16H,7H2,1-5H3. The lowest BCUT2D eigenvalue weighted by Crippen LogP contribution is -2.39. The minimum absolute atomic E-state index is 0.164. The molecule has 2 aromatic rings. The third kappa shape index (κ3) is 3.16. The fourth-order valence-electron chi connectivity index (χ4n) is 2.46. The second kappa shape index (κ2) is 5.99. The van der Waals surface area contributed by atoms with Crippen LogP contribution >= 0.6 is 11.3 Å². The van der Waals surface area contributed by atoms with Gasteiger partial charge in [-0.1, -0.05) is 0 Å². The van der Waals surface area contributed by atoms with E-state index >= 15 is 0 Å². The molecule has 0 amide bonds. The highest BCUT2D eigenvalue weighted by atomic mass is 32.1. The summed E-state index contributed by atoms with van der Waals surface area (Å²) in [6.07, 6.45) is 1.61. The second-order valence-electron chi connectivity index (χ2n) is 5.38. The van der Waals surface area contributed by atoms with Gasteiger partial charge in [-0.25, -0.2) is 4.79 Å². The van der Waals surface area contributed by atoms with Crippen molar-refractivity contribution in [2.75, 3.05) is 0 Å². The van der Waals surface area contributed by atoms with E-state index in [0.29, 0.717) is 12.1 Å². The van der Waals surface area contributed by atoms with Crippen LogP contribution < -0.4 is 16.6 Å². The zero-order chi connectivity index (χ0) is 15.7. The van der Waals surface area contributed by atoms with Crippen molar-refractivity contribution >= 4 is 11.3 Å². The average molecular weight is 307 g/mol. The highest BCUT2D eigenvalue weighted by Crippen LogP contribution is 2.26.